The molecule has 2 N–H and O–H groups in total. The van der Waals surface area contributed by atoms with Gasteiger partial charge < -0.3 is 24.7 Å². The fraction of sp³-hybridized carbons (Fsp3) is 0.417. The highest BCUT2D eigenvalue weighted by molar-refractivity contribution is 5.79. The number of para-hydroxylation sites is 2. The SMILES string of the molecule is CCNC(=NCCCn1c(C)nc2ccccc21)NCCc1ccc(OC)c(OC)c1. The summed E-state index contributed by atoms with van der Waals surface area (Å²) in [6.07, 6.45) is 1.82. The fourth-order valence-corrected chi connectivity index (χ4v) is 3.60. The Morgan fingerprint density at radius 2 is 1.87 bits per heavy atom. The summed E-state index contributed by atoms with van der Waals surface area (Å²) in [7, 11) is 3.30. The van der Waals surface area contributed by atoms with E-state index in [4.69, 9.17) is 14.5 Å². The lowest BCUT2D eigenvalue weighted by Crippen LogP contribution is -2.38. The summed E-state index contributed by atoms with van der Waals surface area (Å²) < 4.78 is 13.0. The number of guanidine groups is 1. The number of imidazole rings is 1. The van der Waals surface area contributed by atoms with Crippen LogP contribution in [0.1, 0.15) is 24.7 Å². The Bertz CT molecular complexity index is 1010. The van der Waals surface area contributed by atoms with Crippen LogP contribution < -0.4 is 20.1 Å². The first-order chi connectivity index (χ1) is 15.2. The minimum atomic E-state index is 0.745. The van der Waals surface area contributed by atoms with Crippen LogP contribution in [0.2, 0.25) is 0 Å². The average Bonchev–Trinajstić information content (AvgIpc) is 3.11. The maximum Gasteiger partial charge on any atom is 0.191 e. The van der Waals surface area contributed by atoms with Crippen molar-refractivity contribution in [1.29, 1.82) is 0 Å². The van der Waals surface area contributed by atoms with Crippen LogP contribution in [0.25, 0.3) is 11.0 Å². The van der Waals surface area contributed by atoms with Gasteiger partial charge in [0.2, 0.25) is 0 Å². The van der Waals surface area contributed by atoms with Crippen molar-refractivity contribution in [2.75, 3.05) is 33.9 Å². The molecule has 0 aliphatic carbocycles. The molecule has 0 saturated carbocycles. The molecule has 3 rings (SSSR count). The number of fused-ring (bicyclic) bond motifs is 1. The van der Waals surface area contributed by atoms with Crippen LogP contribution in [0, 0.1) is 6.92 Å². The molecular weight excluding hydrogens is 390 g/mol. The molecule has 7 nitrogen and oxygen atoms in total. The summed E-state index contributed by atoms with van der Waals surface area (Å²) in [5, 5.41) is 6.74. The minimum Gasteiger partial charge on any atom is -0.493 e. The van der Waals surface area contributed by atoms with Gasteiger partial charge in [0.15, 0.2) is 17.5 Å². The second-order valence-electron chi connectivity index (χ2n) is 7.28. The van der Waals surface area contributed by atoms with Crippen molar-refractivity contribution in [3.63, 3.8) is 0 Å². The number of hydrogen-bond donors (Lipinski definition) is 2. The third kappa shape index (κ3) is 5.90. The van der Waals surface area contributed by atoms with Crippen molar-refractivity contribution in [1.82, 2.24) is 20.2 Å². The largest absolute Gasteiger partial charge is 0.493 e. The Kier molecular flexibility index (Phi) is 8.15. The Labute approximate surface area is 184 Å². The van der Waals surface area contributed by atoms with E-state index in [0.29, 0.717) is 0 Å². The predicted molar refractivity (Wildman–Crippen MR) is 126 cm³/mol. The van der Waals surface area contributed by atoms with Gasteiger partial charge in [0.25, 0.3) is 0 Å². The van der Waals surface area contributed by atoms with Gasteiger partial charge in [-0.25, -0.2) is 4.98 Å². The molecule has 1 heterocycles. The topological polar surface area (TPSA) is 72.7 Å². The monoisotopic (exact) mass is 423 g/mol. The van der Waals surface area contributed by atoms with E-state index >= 15 is 0 Å². The van der Waals surface area contributed by atoms with Crippen LogP contribution in [0.3, 0.4) is 0 Å². The van der Waals surface area contributed by atoms with E-state index in [1.54, 1.807) is 14.2 Å². The van der Waals surface area contributed by atoms with E-state index in [0.717, 1.165) is 67.8 Å². The molecule has 0 spiro atoms. The zero-order valence-corrected chi connectivity index (χ0v) is 18.9. The second kappa shape index (κ2) is 11.2. The highest BCUT2D eigenvalue weighted by Gasteiger charge is 2.07. The average molecular weight is 424 g/mol. The van der Waals surface area contributed by atoms with Gasteiger partial charge in [0.05, 0.1) is 25.3 Å². The number of methoxy groups -OCH3 is 2. The number of nitrogens with one attached hydrogen (secondary N) is 2. The van der Waals surface area contributed by atoms with Crippen LogP contribution in [0.4, 0.5) is 0 Å². The van der Waals surface area contributed by atoms with Gasteiger partial charge in [-0.3, -0.25) is 4.99 Å². The van der Waals surface area contributed by atoms with E-state index in [1.165, 1.54) is 11.1 Å². The van der Waals surface area contributed by atoms with Gasteiger partial charge in [-0.1, -0.05) is 18.2 Å². The lowest BCUT2D eigenvalue weighted by atomic mass is 10.1. The fourth-order valence-electron chi connectivity index (χ4n) is 3.60. The summed E-state index contributed by atoms with van der Waals surface area (Å²) >= 11 is 0. The molecule has 0 aliphatic heterocycles. The van der Waals surface area contributed by atoms with E-state index in [2.05, 4.69) is 58.3 Å². The molecule has 1 aromatic heterocycles. The molecule has 0 bridgehead atoms. The predicted octanol–water partition coefficient (Wildman–Crippen LogP) is 3.55. The second-order valence-corrected chi connectivity index (χ2v) is 7.28. The molecule has 7 heteroatoms. The Hall–Kier alpha value is -3.22. The number of hydrogen-bond acceptors (Lipinski definition) is 4. The Morgan fingerprint density at radius 1 is 1.06 bits per heavy atom. The van der Waals surface area contributed by atoms with Gasteiger partial charge >= 0.3 is 0 Å². The van der Waals surface area contributed by atoms with Crippen molar-refractivity contribution in [2.24, 2.45) is 4.99 Å². The molecule has 0 saturated heterocycles. The first-order valence-electron chi connectivity index (χ1n) is 10.8. The molecule has 0 unspecified atom stereocenters. The summed E-state index contributed by atoms with van der Waals surface area (Å²) in [5.41, 5.74) is 3.42. The van der Waals surface area contributed by atoms with Crippen molar-refractivity contribution < 1.29 is 9.47 Å². The van der Waals surface area contributed by atoms with Gasteiger partial charge in [-0.2, -0.15) is 0 Å². The van der Waals surface area contributed by atoms with E-state index in [9.17, 15) is 0 Å². The number of aryl methyl sites for hydroxylation is 2. The third-order valence-corrected chi connectivity index (χ3v) is 5.15. The van der Waals surface area contributed by atoms with Crippen molar-refractivity contribution >= 4 is 17.0 Å². The highest BCUT2D eigenvalue weighted by Crippen LogP contribution is 2.27. The maximum absolute atomic E-state index is 5.39. The molecular formula is C24H33N5O2. The molecule has 0 fully saturated rings. The zero-order valence-electron chi connectivity index (χ0n) is 18.9. The van der Waals surface area contributed by atoms with Crippen LogP contribution in [-0.4, -0.2) is 49.4 Å². The van der Waals surface area contributed by atoms with Crippen LogP contribution in [0.5, 0.6) is 11.5 Å². The smallest absolute Gasteiger partial charge is 0.191 e. The zero-order chi connectivity index (χ0) is 22.1. The number of nitrogens with zero attached hydrogens (tertiary/aromatic N) is 3. The molecule has 0 amide bonds. The third-order valence-electron chi connectivity index (χ3n) is 5.15. The highest BCUT2D eigenvalue weighted by atomic mass is 16.5. The molecule has 31 heavy (non-hydrogen) atoms. The summed E-state index contributed by atoms with van der Waals surface area (Å²) in [5.74, 6) is 3.39. The number of aliphatic imine (C=N–C) groups is 1. The van der Waals surface area contributed by atoms with Gasteiger partial charge in [-0.15, -0.1) is 0 Å². The molecule has 2 aromatic carbocycles. The summed E-state index contributed by atoms with van der Waals surface area (Å²) in [6.45, 7) is 7.40. The van der Waals surface area contributed by atoms with Gasteiger partial charge in [-0.05, 0) is 56.5 Å². The van der Waals surface area contributed by atoms with Gasteiger partial charge in [0, 0.05) is 26.2 Å². The van der Waals surface area contributed by atoms with Crippen LogP contribution in [0.15, 0.2) is 47.5 Å². The van der Waals surface area contributed by atoms with Crippen molar-refractivity contribution in [3.8, 4) is 11.5 Å². The molecule has 0 aliphatic rings. The maximum atomic E-state index is 5.39. The minimum absolute atomic E-state index is 0.745. The summed E-state index contributed by atoms with van der Waals surface area (Å²) in [6, 6.07) is 14.3. The van der Waals surface area contributed by atoms with E-state index in [-0.39, 0.29) is 0 Å². The number of ether oxygens (including phenoxy) is 2. The number of aromatic nitrogens is 2. The summed E-state index contributed by atoms with van der Waals surface area (Å²) in [4.78, 5) is 9.37. The lowest BCUT2D eigenvalue weighted by molar-refractivity contribution is 0.354. The van der Waals surface area contributed by atoms with Crippen molar-refractivity contribution in [2.45, 2.75) is 33.2 Å². The Balaban J connectivity index is 1.51. The van der Waals surface area contributed by atoms with Gasteiger partial charge in [0.1, 0.15) is 5.82 Å². The molecule has 3 aromatic rings. The lowest BCUT2D eigenvalue weighted by Gasteiger charge is -2.13. The first-order valence-corrected chi connectivity index (χ1v) is 10.8. The van der Waals surface area contributed by atoms with Crippen molar-refractivity contribution in [3.05, 3.63) is 53.9 Å². The normalized spacial score (nSPS) is 11.5. The number of benzene rings is 2. The Morgan fingerprint density at radius 3 is 2.65 bits per heavy atom. The van der Waals surface area contributed by atoms with E-state index < -0.39 is 0 Å². The van der Waals surface area contributed by atoms with Crippen LogP contribution in [-0.2, 0) is 13.0 Å². The molecule has 0 radical (unpaired) electrons. The molecule has 166 valence electrons. The van der Waals surface area contributed by atoms with Crippen LogP contribution >= 0.6 is 0 Å². The van der Waals surface area contributed by atoms with E-state index in [1.807, 2.05) is 18.2 Å². The first kappa shape index (κ1) is 22.5. The molecule has 0 atom stereocenters. The standard InChI is InChI=1S/C24H33N5O2/c1-5-25-24(27-15-13-19-11-12-22(30-3)23(17-19)31-4)26-14-8-16-29-18(2)28-20-9-6-7-10-21(20)29/h6-7,9-12,17H,5,8,13-16H2,1-4H3,(H2,25,26,27). The number of rotatable bonds is 10. The quantitative estimate of drug-likeness (QED) is 0.296.